The number of rotatable bonds is 4. The maximum Gasteiger partial charge on any atom is 0.252 e. The van der Waals surface area contributed by atoms with E-state index < -0.39 is 0 Å². The summed E-state index contributed by atoms with van der Waals surface area (Å²) in [6.45, 7) is 2.53. The lowest BCUT2D eigenvalue weighted by molar-refractivity contribution is 0.0944. The van der Waals surface area contributed by atoms with Gasteiger partial charge in [0.25, 0.3) is 5.91 Å². The van der Waals surface area contributed by atoms with Crippen molar-refractivity contribution in [1.82, 2.24) is 10.2 Å². The molecule has 0 aliphatic carbocycles. The van der Waals surface area contributed by atoms with Crippen LogP contribution in [-0.2, 0) is 0 Å². The molecule has 0 saturated carbocycles. The number of likely N-dealkylation sites (N-methyl/N-ethyl adjacent to an activating group) is 1. The van der Waals surface area contributed by atoms with Gasteiger partial charge in [0.15, 0.2) is 0 Å². The molecule has 0 radical (unpaired) electrons. The van der Waals surface area contributed by atoms with Crippen LogP contribution in [0.5, 0.6) is 0 Å². The highest BCUT2D eigenvalue weighted by Gasteiger charge is 2.15. The zero-order valence-electron chi connectivity index (χ0n) is 10.6. The van der Waals surface area contributed by atoms with E-state index in [-0.39, 0.29) is 22.0 Å². The second-order valence-electron chi connectivity index (χ2n) is 4.39. The second-order valence-corrected chi connectivity index (χ2v) is 5.17. The first-order valence-electron chi connectivity index (χ1n) is 5.52. The molecule has 1 aromatic carbocycles. The molecular formula is C12H17Cl2N3O. The van der Waals surface area contributed by atoms with Gasteiger partial charge in [-0.05, 0) is 33.2 Å². The molecule has 18 heavy (non-hydrogen) atoms. The van der Waals surface area contributed by atoms with Crippen LogP contribution in [0.1, 0.15) is 17.3 Å². The van der Waals surface area contributed by atoms with Crippen molar-refractivity contribution in [3.63, 3.8) is 0 Å². The van der Waals surface area contributed by atoms with Crippen molar-refractivity contribution in [2.45, 2.75) is 13.0 Å². The van der Waals surface area contributed by atoms with Crippen LogP contribution in [0.3, 0.4) is 0 Å². The van der Waals surface area contributed by atoms with Gasteiger partial charge in [0, 0.05) is 18.3 Å². The Balaban J connectivity index is 2.79. The summed E-state index contributed by atoms with van der Waals surface area (Å²) in [5.41, 5.74) is 6.35. The molecule has 1 aromatic rings. The first kappa shape index (κ1) is 15.1. The van der Waals surface area contributed by atoms with Crippen LogP contribution in [0.25, 0.3) is 0 Å². The lowest BCUT2D eigenvalue weighted by Crippen LogP contribution is -2.38. The summed E-state index contributed by atoms with van der Waals surface area (Å²) >= 11 is 11.9. The number of anilines is 1. The highest BCUT2D eigenvalue weighted by atomic mass is 35.5. The molecule has 6 heteroatoms. The number of hydrogen-bond donors (Lipinski definition) is 2. The van der Waals surface area contributed by atoms with E-state index in [9.17, 15) is 4.79 Å². The van der Waals surface area contributed by atoms with Gasteiger partial charge in [-0.1, -0.05) is 23.2 Å². The zero-order chi connectivity index (χ0) is 13.9. The van der Waals surface area contributed by atoms with Crippen molar-refractivity contribution in [3.05, 3.63) is 27.7 Å². The molecule has 0 bridgehead atoms. The molecule has 0 heterocycles. The van der Waals surface area contributed by atoms with Crippen LogP contribution in [0.2, 0.25) is 10.0 Å². The summed E-state index contributed by atoms with van der Waals surface area (Å²) in [5.74, 6) is -0.275. The first-order valence-corrected chi connectivity index (χ1v) is 6.27. The van der Waals surface area contributed by atoms with Crippen LogP contribution in [0.15, 0.2) is 12.1 Å². The predicted molar refractivity (Wildman–Crippen MR) is 76.4 cm³/mol. The van der Waals surface area contributed by atoms with E-state index in [1.165, 1.54) is 12.1 Å². The number of nitrogens with zero attached hydrogens (tertiary/aromatic N) is 1. The fourth-order valence-electron chi connectivity index (χ4n) is 1.29. The number of amides is 1. The Morgan fingerprint density at radius 2 is 2.06 bits per heavy atom. The highest BCUT2D eigenvalue weighted by Crippen LogP contribution is 2.28. The lowest BCUT2D eigenvalue weighted by atomic mass is 10.2. The van der Waals surface area contributed by atoms with Crippen molar-refractivity contribution in [1.29, 1.82) is 0 Å². The van der Waals surface area contributed by atoms with Gasteiger partial charge in [0.05, 0.1) is 15.6 Å². The summed E-state index contributed by atoms with van der Waals surface area (Å²) in [6, 6.07) is 3.26. The third-order valence-corrected chi connectivity index (χ3v) is 3.54. The molecule has 0 aliphatic rings. The van der Waals surface area contributed by atoms with Gasteiger partial charge in [-0.25, -0.2) is 0 Å². The summed E-state index contributed by atoms with van der Waals surface area (Å²) in [5, 5.41) is 3.30. The van der Waals surface area contributed by atoms with Gasteiger partial charge in [-0.15, -0.1) is 0 Å². The average molecular weight is 290 g/mol. The van der Waals surface area contributed by atoms with E-state index in [2.05, 4.69) is 5.32 Å². The number of carbonyl (C=O) groups excluding carboxylic acids is 1. The molecule has 1 atom stereocenters. The van der Waals surface area contributed by atoms with E-state index in [0.29, 0.717) is 17.8 Å². The highest BCUT2D eigenvalue weighted by molar-refractivity contribution is 6.44. The first-order chi connectivity index (χ1) is 8.32. The Kier molecular flexibility index (Phi) is 5.26. The SMILES string of the molecule is CC(CNC(=O)c1cc(N)cc(Cl)c1Cl)N(C)C. The van der Waals surface area contributed by atoms with Crippen molar-refractivity contribution in [2.24, 2.45) is 0 Å². The summed E-state index contributed by atoms with van der Waals surface area (Å²) in [6.07, 6.45) is 0. The number of nitrogen functional groups attached to an aromatic ring is 1. The normalized spacial score (nSPS) is 12.6. The molecule has 100 valence electrons. The fraction of sp³-hybridized carbons (Fsp3) is 0.417. The number of benzene rings is 1. The molecule has 1 unspecified atom stereocenters. The lowest BCUT2D eigenvalue weighted by Gasteiger charge is -2.20. The minimum Gasteiger partial charge on any atom is -0.399 e. The van der Waals surface area contributed by atoms with Crippen LogP contribution >= 0.6 is 23.2 Å². The van der Waals surface area contributed by atoms with Gasteiger partial charge < -0.3 is 16.0 Å². The predicted octanol–water partition coefficient (Wildman–Crippen LogP) is 2.26. The molecule has 0 fully saturated rings. The summed E-state index contributed by atoms with van der Waals surface area (Å²) in [7, 11) is 3.89. The van der Waals surface area contributed by atoms with E-state index in [1.54, 1.807) is 0 Å². The topological polar surface area (TPSA) is 58.4 Å². The maximum absolute atomic E-state index is 12.0. The van der Waals surface area contributed by atoms with Crippen LogP contribution in [0.4, 0.5) is 5.69 Å². The minimum atomic E-state index is -0.275. The third kappa shape index (κ3) is 3.77. The van der Waals surface area contributed by atoms with Crippen LogP contribution in [-0.4, -0.2) is 37.5 Å². The van der Waals surface area contributed by atoms with Crippen LogP contribution < -0.4 is 11.1 Å². The standard InChI is InChI=1S/C12H17Cl2N3O/c1-7(17(2)3)6-16-12(18)9-4-8(15)5-10(13)11(9)14/h4-5,7H,6,15H2,1-3H3,(H,16,18). The average Bonchev–Trinajstić information content (AvgIpc) is 2.29. The molecule has 1 rings (SSSR count). The van der Waals surface area contributed by atoms with Gasteiger partial charge in [-0.2, -0.15) is 0 Å². The van der Waals surface area contributed by atoms with Crippen molar-refractivity contribution >= 4 is 34.8 Å². The van der Waals surface area contributed by atoms with Gasteiger partial charge in [-0.3, -0.25) is 4.79 Å². The zero-order valence-corrected chi connectivity index (χ0v) is 12.1. The monoisotopic (exact) mass is 289 g/mol. The van der Waals surface area contributed by atoms with Crippen molar-refractivity contribution in [3.8, 4) is 0 Å². The molecule has 0 aromatic heterocycles. The Labute approximate surface area is 117 Å². The molecule has 3 N–H and O–H groups in total. The molecule has 0 aliphatic heterocycles. The molecule has 0 spiro atoms. The summed E-state index contributed by atoms with van der Waals surface area (Å²) in [4.78, 5) is 14.0. The quantitative estimate of drug-likeness (QED) is 0.836. The van der Waals surface area contributed by atoms with Gasteiger partial charge in [0.1, 0.15) is 0 Å². The largest absolute Gasteiger partial charge is 0.399 e. The number of carbonyl (C=O) groups is 1. The number of halogens is 2. The van der Waals surface area contributed by atoms with Gasteiger partial charge in [0.2, 0.25) is 0 Å². The molecule has 4 nitrogen and oxygen atoms in total. The Morgan fingerprint density at radius 3 is 2.61 bits per heavy atom. The van der Waals surface area contributed by atoms with E-state index in [4.69, 9.17) is 28.9 Å². The Bertz CT molecular complexity index is 449. The van der Waals surface area contributed by atoms with E-state index in [0.717, 1.165) is 0 Å². The number of hydrogen-bond acceptors (Lipinski definition) is 3. The minimum absolute atomic E-state index is 0.223. The Hall–Kier alpha value is -0.970. The van der Waals surface area contributed by atoms with Crippen molar-refractivity contribution < 1.29 is 4.79 Å². The summed E-state index contributed by atoms with van der Waals surface area (Å²) < 4.78 is 0. The number of nitrogens with one attached hydrogen (secondary N) is 1. The third-order valence-electron chi connectivity index (χ3n) is 2.73. The fourth-order valence-corrected chi connectivity index (χ4v) is 1.72. The number of nitrogens with two attached hydrogens (primary N) is 1. The maximum atomic E-state index is 12.0. The molecular weight excluding hydrogens is 273 g/mol. The molecule has 0 saturated heterocycles. The Morgan fingerprint density at radius 1 is 1.44 bits per heavy atom. The van der Waals surface area contributed by atoms with Crippen molar-refractivity contribution in [2.75, 3.05) is 26.4 Å². The second kappa shape index (κ2) is 6.27. The van der Waals surface area contributed by atoms with Gasteiger partial charge >= 0.3 is 0 Å². The van der Waals surface area contributed by atoms with E-state index >= 15 is 0 Å². The van der Waals surface area contributed by atoms with E-state index in [1.807, 2.05) is 25.9 Å². The molecule has 1 amide bonds. The smallest absolute Gasteiger partial charge is 0.252 e. The van der Waals surface area contributed by atoms with Crippen LogP contribution in [0, 0.1) is 0 Å².